The number of unbranched alkanes of at least 4 members (excludes halogenated alkanes) is 1. The minimum absolute atomic E-state index is 0.662. The monoisotopic (exact) mass is 256 g/mol. The summed E-state index contributed by atoms with van der Waals surface area (Å²) in [5.74, 6) is 0. The van der Waals surface area contributed by atoms with E-state index in [0.717, 1.165) is 57.7 Å². The summed E-state index contributed by atoms with van der Waals surface area (Å²) in [4.78, 5) is 0. The SMILES string of the molecule is COCCCOCCn1cc(CCCCN)nn1. The third-order valence-electron chi connectivity index (χ3n) is 2.57. The Labute approximate surface area is 108 Å². The van der Waals surface area contributed by atoms with Gasteiger partial charge in [-0.1, -0.05) is 5.21 Å². The van der Waals surface area contributed by atoms with E-state index >= 15 is 0 Å². The van der Waals surface area contributed by atoms with Crippen LogP contribution in [0.2, 0.25) is 0 Å². The summed E-state index contributed by atoms with van der Waals surface area (Å²) < 4.78 is 12.2. The highest BCUT2D eigenvalue weighted by Gasteiger charge is 2.00. The van der Waals surface area contributed by atoms with E-state index in [1.807, 2.05) is 10.9 Å². The molecule has 0 amide bonds. The maximum Gasteiger partial charge on any atom is 0.0827 e. The zero-order chi connectivity index (χ0) is 13.1. The number of hydrogen-bond donors (Lipinski definition) is 1. The van der Waals surface area contributed by atoms with Crippen LogP contribution >= 0.6 is 0 Å². The molecule has 18 heavy (non-hydrogen) atoms. The molecule has 1 aromatic rings. The molecule has 0 fully saturated rings. The summed E-state index contributed by atoms with van der Waals surface area (Å²) in [7, 11) is 1.70. The van der Waals surface area contributed by atoms with Crippen LogP contribution in [0.1, 0.15) is 25.0 Å². The lowest BCUT2D eigenvalue weighted by Crippen LogP contribution is -2.08. The van der Waals surface area contributed by atoms with Gasteiger partial charge in [-0.25, -0.2) is 4.68 Å². The number of methoxy groups -OCH3 is 1. The largest absolute Gasteiger partial charge is 0.385 e. The number of nitrogens with zero attached hydrogens (tertiary/aromatic N) is 3. The van der Waals surface area contributed by atoms with Gasteiger partial charge < -0.3 is 15.2 Å². The molecule has 0 radical (unpaired) electrons. The molecule has 0 unspecified atom stereocenters. The Hall–Kier alpha value is -0.980. The van der Waals surface area contributed by atoms with Crippen LogP contribution in [0.15, 0.2) is 6.20 Å². The summed E-state index contributed by atoms with van der Waals surface area (Å²) in [5.41, 5.74) is 6.48. The van der Waals surface area contributed by atoms with Crippen LogP contribution in [0, 0.1) is 0 Å². The zero-order valence-electron chi connectivity index (χ0n) is 11.2. The van der Waals surface area contributed by atoms with Gasteiger partial charge in [-0.3, -0.25) is 0 Å². The van der Waals surface area contributed by atoms with E-state index in [2.05, 4.69) is 10.3 Å². The molecule has 0 spiro atoms. The lowest BCUT2D eigenvalue weighted by Gasteiger charge is -2.03. The normalized spacial score (nSPS) is 11.0. The molecule has 0 saturated heterocycles. The van der Waals surface area contributed by atoms with E-state index in [-0.39, 0.29) is 0 Å². The molecule has 1 rings (SSSR count). The predicted molar refractivity (Wildman–Crippen MR) is 69.3 cm³/mol. The van der Waals surface area contributed by atoms with Crippen LogP contribution in [0.3, 0.4) is 0 Å². The van der Waals surface area contributed by atoms with Crippen LogP contribution in [-0.2, 0) is 22.4 Å². The number of aromatic nitrogens is 3. The fourth-order valence-electron chi connectivity index (χ4n) is 1.58. The van der Waals surface area contributed by atoms with Gasteiger partial charge in [0, 0.05) is 26.5 Å². The molecule has 104 valence electrons. The minimum Gasteiger partial charge on any atom is -0.385 e. The molecule has 0 aromatic carbocycles. The molecular formula is C12H24N4O2. The van der Waals surface area contributed by atoms with E-state index in [1.54, 1.807) is 7.11 Å². The van der Waals surface area contributed by atoms with Gasteiger partial charge in [0.15, 0.2) is 0 Å². The lowest BCUT2D eigenvalue weighted by molar-refractivity contribution is 0.0958. The summed E-state index contributed by atoms with van der Waals surface area (Å²) in [6.07, 6.45) is 5.97. The average Bonchev–Trinajstić information content (AvgIpc) is 2.82. The van der Waals surface area contributed by atoms with Gasteiger partial charge in [-0.2, -0.15) is 0 Å². The Bertz CT molecular complexity index is 304. The van der Waals surface area contributed by atoms with Crippen LogP contribution < -0.4 is 5.73 Å². The van der Waals surface area contributed by atoms with E-state index in [4.69, 9.17) is 15.2 Å². The Balaban J connectivity index is 2.07. The highest BCUT2D eigenvalue weighted by molar-refractivity contribution is 4.92. The van der Waals surface area contributed by atoms with Gasteiger partial charge in [-0.05, 0) is 32.2 Å². The molecule has 0 saturated carbocycles. The van der Waals surface area contributed by atoms with E-state index in [0.29, 0.717) is 6.61 Å². The molecule has 0 aliphatic rings. The van der Waals surface area contributed by atoms with Crippen molar-refractivity contribution in [2.24, 2.45) is 5.73 Å². The summed E-state index contributed by atoms with van der Waals surface area (Å²) in [6, 6.07) is 0. The van der Waals surface area contributed by atoms with Crippen molar-refractivity contribution in [1.29, 1.82) is 0 Å². The number of rotatable bonds is 11. The quantitative estimate of drug-likeness (QED) is 0.587. The first kappa shape index (κ1) is 15.1. The van der Waals surface area contributed by atoms with Crippen LogP contribution in [0.5, 0.6) is 0 Å². The summed E-state index contributed by atoms with van der Waals surface area (Å²) in [5, 5.41) is 8.17. The molecule has 2 N–H and O–H groups in total. The van der Waals surface area contributed by atoms with Crippen LogP contribution in [0.25, 0.3) is 0 Å². The second-order valence-corrected chi connectivity index (χ2v) is 4.18. The third kappa shape index (κ3) is 6.68. The number of hydrogen-bond acceptors (Lipinski definition) is 5. The number of ether oxygens (including phenoxy) is 2. The molecule has 6 nitrogen and oxygen atoms in total. The zero-order valence-corrected chi connectivity index (χ0v) is 11.2. The lowest BCUT2D eigenvalue weighted by atomic mass is 10.2. The predicted octanol–water partition coefficient (Wildman–Crippen LogP) is 0.613. The summed E-state index contributed by atoms with van der Waals surface area (Å²) >= 11 is 0. The summed E-state index contributed by atoms with van der Waals surface area (Å²) in [6.45, 7) is 3.62. The second-order valence-electron chi connectivity index (χ2n) is 4.18. The first-order chi connectivity index (χ1) is 8.86. The molecule has 0 bridgehead atoms. The van der Waals surface area contributed by atoms with Gasteiger partial charge >= 0.3 is 0 Å². The van der Waals surface area contributed by atoms with Crippen molar-refractivity contribution in [3.63, 3.8) is 0 Å². The van der Waals surface area contributed by atoms with Gasteiger partial charge in [0.05, 0.1) is 18.8 Å². The van der Waals surface area contributed by atoms with Crippen molar-refractivity contribution in [3.8, 4) is 0 Å². The van der Waals surface area contributed by atoms with Crippen molar-refractivity contribution < 1.29 is 9.47 Å². The Morgan fingerprint density at radius 3 is 2.89 bits per heavy atom. The van der Waals surface area contributed by atoms with Gasteiger partial charge in [0.2, 0.25) is 0 Å². The van der Waals surface area contributed by atoms with Crippen molar-refractivity contribution >= 4 is 0 Å². The highest BCUT2D eigenvalue weighted by atomic mass is 16.5. The molecule has 0 atom stereocenters. The smallest absolute Gasteiger partial charge is 0.0827 e. The minimum atomic E-state index is 0.662. The van der Waals surface area contributed by atoms with Gasteiger partial charge in [-0.15, -0.1) is 5.10 Å². The van der Waals surface area contributed by atoms with Crippen molar-refractivity contribution in [3.05, 3.63) is 11.9 Å². The topological polar surface area (TPSA) is 75.2 Å². The maximum absolute atomic E-state index is 5.46. The van der Waals surface area contributed by atoms with Crippen molar-refractivity contribution in [1.82, 2.24) is 15.0 Å². The van der Waals surface area contributed by atoms with Crippen molar-refractivity contribution in [2.45, 2.75) is 32.2 Å². The van der Waals surface area contributed by atoms with Crippen molar-refractivity contribution in [2.75, 3.05) is 33.5 Å². The molecule has 6 heteroatoms. The molecule has 1 aromatic heterocycles. The van der Waals surface area contributed by atoms with E-state index in [9.17, 15) is 0 Å². The highest BCUT2D eigenvalue weighted by Crippen LogP contribution is 2.00. The first-order valence-corrected chi connectivity index (χ1v) is 6.52. The van der Waals surface area contributed by atoms with Crippen LogP contribution in [-0.4, -0.2) is 48.5 Å². The first-order valence-electron chi connectivity index (χ1n) is 6.52. The fourth-order valence-corrected chi connectivity index (χ4v) is 1.58. The van der Waals surface area contributed by atoms with E-state index < -0.39 is 0 Å². The fraction of sp³-hybridized carbons (Fsp3) is 0.833. The van der Waals surface area contributed by atoms with Gasteiger partial charge in [0.25, 0.3) is 0 Å². The molecule has 1 heterocycles. The van der Waals surface area contributed by atoms with Crippen LogP contribution in [0.4, 0.5) is 0 Å². The molecular weight excluding hydrogens is 232 g/mol. The maximum atomic E-state index is 5.46. The molecule has 0 aliphatic heterocycles. The third-order valence-corrected chi connectivity index (χ3v) is 2.57. The van der Waals surface area contributed by atoms with E-state index in [1.165, 1.54) is 0 Å². The standard InChI is InChI=1S/C12H24N4O2/c1-17-8-4-9-18-10-7-16-11-12(14-15-16)5-2-3-6-13/h11H,2-10,13H2,1H3. The Kier molecular flexibility index (Phi) is 8.37. The molecule has 0 aliphatic carbocycles. The Morgan fingerprint density at radius 2 is 2.11 bits per heavy atom. The second kappa shape index (κ2) is 9.99. The average molecular weight is 256 g/mol. The van der Waals surface area contributed by atoms with Gasteiger partial charge in [0.1, 0.15) is 0 Å². The number of nitrogens with two attached hydrogens (primary N) is 1. The number of aryl methyl sites for hydroxylation is 1. The Morgan fingerprint density at radius 1 is 1.22 bits per heavy atom.